The molecular formula is C13H25N3. The maximum absolute atomic E-state index is 5.85. The highest BCUT2D eigenvalue weighted by Gasteiger charge is 2.43. The second-order valence-electron chi connectivity index (χ2n) is 5.68. The Labute approximate surface area is 98.9 Å². The highest BCUT2D eigenvalue weighted by atomic mass is 15.1. The van der Waals surface area contributed by atoms with E-state index in [9.17, 15) is 0 Å². The van der Waals surface area contributed by atoms with Crippen molar-refractivity contribution in [2.75, 3.05) is 0 Å². The van der Waals surface area contributed by atoms with Gasteiger partial charge >= 0.3 is 0 Å². The second-order valence-corrected chi connectivity index (χ2v) is 5.68. The van der Waals surface area contributed by atoms with E-state index in [4.69, 9.17) is 5.73 Å². The monoisotopic (exact) mass is 223 g/mol. The maximum atomic E-state index is 5.85. The lowest BCUT2D eigenvalue weighted by molar-refractivity contribution is 0.318. The van der Waals surface area contributed by atoms with Crippen LogP contribution in [0, 0.1) is 11.8 Å². The molecule has 3 nitrogen and oxygen atoms in total. The van der Waals surface area contributed by atoms with Crippen LogP contribution in [0.25, 0.3) is 0 Å². The molecule has 0 spiro atoms. The third kappa shape index (κ3) is 3.13. The summed E-state index contributed by atoms with van der Waals surface area (Å²) in [6.45, 7) is 4.18. The van der Waals surface area contributed by atoms with Gasteiger partial charge in [-0.05, 0) is 32.1 Å². The summed E-state index contributed by atoms with van der Waals surface area (Å²) in [5, 5.41) is 3.17. The lowest BCUT2D eigenvalue weighted by Gasteiger charge is -2.21. The summed E-state index contributed by atoms with van der Waals surface area (Å²) in [4.78, 5) is 4.57. The summed E-state index contributed by atoms with van der Waals surface area (Å²) < 4.78 is 0. The molecule has 0 amide bonds. The van der Waals surface area contributed by atoms with E-state index in [0.29, 0.717) is 18.0 Å². The van der Waals surface area contributed by atoms with Crippen LogP contribution < -0.4 is 11.1 Å². The molecule has 0 bridgehead atoms. The third-order valence-electron chi connectivity index (χ3n) is 3.80. The van der Waals surface area contributed by atoms with E-state index < -0.39 is 0 Å². The van der Waals surface area contributed by atoms with Crippen LogP contribution in [0.15, 0.2) is 4.99 Å². The molecular weight excluding hydrogens is 198 g/mol. The molecule has 3 N–H and O–H groups in total. The predicted molar refractivity (Wildman–Crippen MR) is 68.4 cm³/mol. The SMILES string of the molecule is CC(C)NC(N)=NC1CC1C1CCCCC1. The quantitative estimate of drug-likeness (QED) is 0.569. The molecule has 2 atom stereocenters. The van der Waals surface area contributed by atoms with E-state index in [2.05, 4.69) is 24.2 Å². The molecule has 3 heteroatoms. The number of nitrogens with one attached hydrogen (secondary N) is 1. The standard InChI is InChI=1S/C13H25N3/c1-9(2)15-13(14)16-12-8-11(12)10-6-4-3-5-7-10/h9-12H,3-8H2,1-2H3,(H3,14,15,16). The summed E-state index contributed by atoms with van der Waals surface area (Å²) in [5.74, 6) is 2.42. The van der Waals surface area contributed by atoms with Gasteiger partial charge in [-0.3, -0.25) is 0 Å². The summed E-state index contributed by atoms with van der Waals surface area (Å²) in [5.41, 5.74) is 5.85. The fraction of sp³-hybridized carbons (Fsp3) is 0.923. The van der Waals surface area contributed by atoms with Gasteiger partial charge in [0.05, 0.1) is 6.04 Å². The first-order chi connectivity index (χ1) is 7.66. The molecule has 0 aromatic rings. The lowest BCUT2D eigenvalue weighted by Crippen LogP contribution is -2.37. The van der Waals surface area contributed by atoms with Crippen LogP contribution >= 0.6 is 0 Å². The molecule has 0 saturated heterocycles. The molecule has 2 rings (SSSR count). The van der Waals surface area contributed by atoms with Gasteiger partial charge in [-0.1, -0.05) is 32.1 Å². The summed E-state index contributed by atoms with van der Waals surface area (Å²) in [6.07, 6.45) is 8.41. The molecule has 0 aromatic heterocycles. The van der Waals surface area contributed by atoms with Crippen molar-refractivity contribution in [1.29, 1.82) is 0 Å². The average Bonchev–Trinajstić information content (AvgIpc) is 2.97. The molecule has 2 aliphatic carbocycles. The minimum atomic E-state index is 0.385. The van der Waals surface area contributed by atoms with Gasteiger partial charge in [0.2, 0.25) is 0 Å². The molecule has 92 valence electrons. The minimum Gasteiger partial charge on any atom is -0.370 e. The Morgan fingerprint density at radius 3 is 2.56 bits per heavy atom. The Kier molecular flexibility index (Phi) is 3.72. The van der Waals surface area contributed by atoms with E-state index in [1.807, 2.05) is 0 Å². The van der Waals surface area contributed by atoms with Crippen LogP contribution in [0.1, 0.15) is 52.4 Å². The first-order valence-electron chi connectivity index (χ1n) is 6.76. The fourth-order valence-electron chi connectivity index (χ4n) is 2.93. The third-order valence-corrected chi connectivity index (χ3v) is 3.80. The Balaban J connectivity index is 1.77. The molecule has 0 heterocycles. The van der Waals surface area contributed by atoms with Crippen LogP contribution in [0.4, 0.5) is 0 Å². The maximum Gasteiger partial charge on any atom is 0.189 e. The molecule has 2 aliphatic rings. The molecule has 0 aliphatic heterocycles. The molecule has 2 unspecified atom stereocenters. The first kappa shape index (κ1) is 11.7. The van der Waals surface area contributed by atoms with Crippen LogP contribution in [0.5, 0.6) is 0 Å². The van der Waals surface area contributed by atoms with Gasteiger partial charge in [0.15, 0.2) is 5.96 Å². The van der Waals surface area contributed by atoms with Gasteiger partial charge in [0.25, 0.3) is 0 Å². The van der Waals surface area contributed by atoms with Crippen molar-refractivity contribution in [2.45, 2.75) is 64.5 Å². The van der Waals surface area contributed by atoms with Gasteiger partial charge < -0.3 is 11.1 Å². The van der Waals surface area contributed by atoms with Crippen LogP contribution in [-0.2, 0) is 0 Å². The van der Waals surface area contributed by atoms with E-state index >= 15 is 0 Å². The van der Waals surface area contributed by atoms with Crippen LogP contribution in [0.2, 0.25) is 0 Å². The fourth-order valence-corrected chi connectivity index (χ4v) is 2.93. The lowest BCUT2D eigenvalue weighted by atomic mass is 9.85. The molecule has 2 fully saturated rings. The Morgan fingerprint density at radius 2 is 1.94 bits per heavy atom. The van der Waals surface area contributed by atoms with Gasteiger partial charge in [0.1, 0.15) is 0 Å². The van der Waals surface area contributed by atoms with Crippen molar-refractivity contribution < 1.29 is 0 Å². The predicted octanol–water partition coefficient (Wildman–Crippen LogP) is 2.27. The summed E-state index contributed by atoms with van der Waals surface area (Å²) >= 11 is 0. The summed E-state index contributed by atoms with van der Waals surface area (Å²) in [6, 6.07) is 0.907. The largest absolute Gasteiger partial charge is 0.370 e. The minimum absolute atomic E-state index is 0.385. The zero-order valence-corrected chi connectivity index (χ0v) is 10.6. The average molecular weight is 223 g/mol. The van der Waals surface area contributed by atoms with Gasteiger partial charge in [0, 0.05) is 6.04 Å². The Bertz CT molecular complexity index is 254. The number of aliphatic imine (C=N–C) groups is 1. The zero-order valence-electron chi connectivity index (χ0n) is 10.6. The Hall–Kier alpha value is -0.730. The molecule has 0 radical (unpaired) electrons. The molecule has 16 heavy (non-hydrogen) atoms. The number of nitrogens with zero attached hydrogens (tertiary/aromatic N) is 1. The number of hydrogen-bond acceptors (Lipinski definition) is 1. The van der Waals surface area contributed by atoms with E-state index in [0.717, 1.165) is 11.8 Å². The van der Waals surface area contributed by atoms with Crippen molar-refractivity contribution in [3.63, 3.8) is 0 Å². The number of hydrogen-bond donors (Lipinski definition) is 2. The highest BCUT2D eigenvalue weighted by molar-refractivity contribution is 5.78. The van der Waals surface area contributed by atoms with Gasteiger partial charge in [-0.25, -0.2) is 4.99 Å². The van der Waals surface area contributed by atoms with Crippen molar-refractivity contribution >= 4 is 5.96 Å². The van der Waals surface area contributed by atoms with E-state index in [1.54, 1.807) is 0 Å². The molecule has 0 aromatic carbocycles. The van der Waals surface area contributed by atoms with Crippen LogP contribution in [0.3, 0.4) is 0 Å². The van der Waals surface area contributed by atoms with Crippen molar-refractivity contribution in [1.82, 2.24) is 5.32 Å². The van der Waals surface area contributed by atoms with E-state index in [-0.39, 0.29) is 0 Å². The van der Waals surface area contributed by atoms with E-state index in [1.165, 1.54) is 38.5 Å². The smallest absolute Gasteiger partial charge is 0.189 e. The van der Waals surface area contributed by atoms with Gasteiger partial charge in [-0.15, -0.1) is 0 Å². The summed E-state index contributed by atoms with van der Waals surface area (Å²) in [7, 11) is 0. The zero-order chi connectivity index (χ0) is 11.5. The second kappa shape index (κ2) is 5.07. The number of rotatable bonds is 3. The highest BCUT2D eigenvalue weighted by Crippen LogP contribution is 2.46. The van der Waals surface area contributed by atoms with Crippen LogP contribution in [-0.4, -0.2) is 18.0 Å². The van der Waals surface area contributed by atoms with Gasteiger partial charge in [-0.2, -0.15) is 0 Å². The van der Waals surface area contributed by atoms with Crippen molar-refractivity contribution in [3.8, 4) is 0 Å². The first-order valence-corrected chi connectivity index (χ1v) is 6.76. The van der Waals surface area contributed by atoms with Crippen molar-refractivity contribution in [3.05, 3.63) is 0 Å². The molecule has 2 saturated carbocycles. The topological polar surface area (TPSA) is 50.4 Å². The van der Waals surface area contributed by atoms with Crippen molar-refractivity contribution in [2.24, 2.45) is 22.6 Å². The normalized spacial score (nSPS) is 31.8. The number of nitrogens with two attached hydrogens (primary N) is 1. The number of guanidine groups is 1. The Morgan fingerprint density at radius 1 is 1.25 bits per heavy atom.